The van der Waals surface area contributed by atoms with Crippen molar-refractivity contribution in [2.45, 2.75) is 20.0 Å². The van der Waals surface area contributed by atoms with Crippen molar-refractivity contribution in [2.75, 3.05) is 5.32 Å². The summed E-state index contributed by atoms with van der Waals surface area (Å²) in [5, 5.41) is 2.66. The van der Waals surface area contributed by atoms with Crippen molar-refractivity contribution < 1.29 is 23.9 Å². The molecular weight excluding hydrogens is 382 g/mol. The summed E-state index contributed by atoms with van der Waals surface area (Å²) in [5.74, 6) is -0.304. The maximum absolute atomic E-state index is 12.6. The second-order valence-corrected chi connectivity index (χ2v) is 6.58. The normalized spacial score (nSPS) is 11.3. The molecule has 1 N–H and O–H groups in total. The summed E-state index contributed by atoms with van der Waals surface area (Å²) in [6.45, 7) is 2.95. The fourth-order valence-electron chi connectivity index (χ4n) is 2.65. The smallest absolute Gasteiger partial charge is 0.342 e. The van der Waals surface area contributed by atoms with E-state index in [-0.39, 0.29) is 11.3 Å². The van der Waals surface area contributed by atoms with Crippen LogP contribution in [0.3, 0.4) is 0 Å². The second kappa shape index (κ2) is 9.52. The SMILES string of the molecule is CC(=O)c1ccc(NC(=O)[C@@H](C)OC(=O)c2ccccc2Oc2ccccc2)cc1. The highest BCUT2D eigenvalue weighted by Gasteiger charge is 2.21. The fraction of sp³-hybridized carbons (Fsp3) is 0.125. The minimum absolute atomic E-state index is 0.0634. The predicted octanol–water partition coefficient (Wildman–Crippen LogP) is 4.87. The molecule has 3 rings (SSSR count). The number of amides is 1. The topological polar surface area (TPSA) is 81.7 Å². The quantitative estimate of drug-likeness (QED) is 0.450. The van der Waals surface area contributed by atoms with E-state index in [0.29, 0.717) is 22.7 Å². The number of carbonyl (C=O) groups excluding carboxylic acids is 3. The summed E-state index contributed by atoms with van der Waals surface area (Å²) in [5.41, 5.74) is 1.26. The first-order valence-electron chi connectivity index (χ1n) is 9.39. The molecule has 0 spiro atoms. The van der Waals surface area contributed by atoms with Gasteiger partial charge in [-0.05, 0) is 62.4 Å². The molecule has 0 unspecified atom stereocenters. The number of rotatable bonds is 7. The zero-order valence-electron chi connectivity index (χ0n) is 16.6. The molecule has 0 aliphatic rings. The van der Waals surface area contributed by atoms with E-state index >= 15 is 0 Å². The van der Waals surface area contributed by atoms with Crippen LogP contribution < -0.4 is 10.1 Å². The number of anilines is 1. The van der Waals surface area contributed by atoms with Crippen LogP contribution in [0.25, 0.3) is 0 Å². The molecule has 3 aromatic carbocycles. The summed E-state index contributed by atoms with van der Waals surface area (Å²) < 4.78 is 11.1. The van der Waals surface area contributed by atoms with E-state index in [9.17, 15) is 14.4 Å². The van der Waals surface area contributed by atoms with Crippen LogP contribution >= 0.6 is 0 Å². The first kappa shape index (κ1) is 20.8. The van der Waals surface area contributed by atoms with Crippen LogP contribution in [0.15, 0.2) is 78.9 Å². The number of ketones is 1. The van der Waals surface area contributed by atoms with E-state index in [1.807, 2.05) is 18.2 Å². The number of carbonyl (C=O) groups is 3. The molecule has 3 aromatic rings. The molecule has 0 aromatic heterocycles. The van der Waals surface area contributed by atoms with Crippen molar-refractivity contribution in [3.63, 3.8) is 0 Å². The van der Waals surface area contributed by atoms with Crippen molar-refractivity contribution in [1.82, 2.24) is 0 Å². The Kier molecular flexibility index (Phi) is 6.60. The third kappa shape index (κ3) is 5.32. The van der Waals surface area contributed by atoms with E-state index < -0.39 is 18.0 Å². The van der Waals surface area contributed by atoms with Gasteiger partial charge in [-0.25, -0.2) is 4.79 Å². The van der Waals surface area contributed by atoms with Crippen molar-refractivity contribution in [3.05, 3.63) is 90.0 Å². The summed E-state index contributed by atoms with van der Waals surface area (Å²) in [6.07, 6.45) is -1.03. The molecule has 152 valence electrons. The third-order valence-corrected chi connectivity index (χ3v) is 4.29. The van der Waals surface area contributed by atoms with Crippen LogP contribution in [-0.2, 0) is 9.53 Å². The number of nitrogens with one attached hydrogen (secondary N) is 1. The number of hydrogen-bond acceptors (Lipinski definition) is 5. The standard InChI is InChI=1S/C24H21NO5/c1-16(26)18-12-14-19(15-13-18)25-23(27)17(2)29-24(28)21-10-6-7-11-22(21)30-20-8-4-3-5-9-20/h3-15,17H,1-2H3,(H,25,27)/t17-/m1/s1. The van der Waals surface area contributed by atoms with Crippen LogP contribution in [-0.4, -0.2) is 23.8 Å². The number of Topliss-reactive ketones (excluding diaryl/α,β-unsaturated/α-hetero) is 1. The number of para-hydroxylation sites is 2. The summed E-state index contributed by atoms with van der Waals surface area (Å²) in [6, 6.07) is 22.2. The molecule has 0 bridgehead atoms. The van der Waals surface area contributed by atoms with Gasteiger partial charge in [0.25, 0.3) is 5.91 Å². The van der Waals surface area contributed by atoms with E-state index in [4.69, 9.17) is 9.47 Å². The monoisotopic (exact) mass is 403 g/mol. The van der Waals surface area contributed by atoms with Gasteiger partial charge in [-0.15, -0.1) is 0 Å². The highest BCUT2D eigenvalue weighted by Crippen LogP contribution is 2.26. The Morgan fingerprint density at radius 1 is 0.833 bits per heavy atom. The van der Waals surface area contributed by atoms with Crippen molar-refractivity contribution in [2.24, 2.45) is 0 Å². The van der Waals surface area contributed by atoms with Crippen molar-refractivity contribution >= 4 is 23.3 Å². The minimum Gasteiger partial charge on any atom is -0.456 e. The Labute approximate surface area is 174 Å². The molecule has 0 aliphatic heterocycles. The average Bonchev–Trinajstić information content (AvgIpc) is 2.75. The Balaban J connectivity index is 1.65. The zero-order valence-corrected chi connectivity index (χ0v) is 16.6. The van der Waals surface area contributed by atoms with Crippen LogP contribution in [0.4, 0.5) is 5.69 Å². The maximum Gasteiger partial charge on any atom is 0.342 e. The van der Waals surface area contributed by atoms with Gasteiger partial charge in [0.05, 0.1) is 0 Å². The van der Waals surface area contributed by atoms with Crippen molar-refractivity contribution in [1.29, 1.82) is 0 Å². The van der Waals surface area contributed by atoms with Crippen LogP contribution in [0.5, 0.6) is 11.5 Å². The predicted molar refractivity (Wildman–Crippen MR) is 113 cm³/mol. The molecule has 1 amide bonds. The lowest BCUT2D eigenvalue weighted by Gasteiger charge is -2.15. The molecule has 1 atom stereocenters. The van der Waals surface area contributed by atoms with Crippen LogP contribution in [0, 0.1) is 0 Å². The van der Waals surface area contributed by atoms with E-state index in [0.717, 1.165) is 0 Å². The minimum atomic E-state index is -1.03. The van der Waals surface area contributed by atoms with E-state index in [1.54, 1.807) is 60.7 Å². The van der Waals surface area contributed by atoms with Crippen molar-refractivity contribution in [3.8, 4) is 11.5 Å². The van der Waals surface area contributed by atoms with Gasteiger partial charge in [0, 0.05) is 11.3 Å². The Morgan fingerprint density at radius 3 is 2.13 bits per heavy atom. The number of esters is 1. The number of hydrogen-bond donors (Lipinski definition) is 1. The molecule has 0 saturated heterocycles. The molecule has 0 aliphatic carbocycles. The Hall–Kier alpha value is -3.93. The first-order valence-corrected chi connectivity index (χ1v) is 9.39. The van der Waals surface area contributed by atoms with E-state index in [1.165, 1.54) is 13.8 Å². The summed E-state index contributed by atoms with van der Waals surface area (Å²) in [4.78, 5) is 36.3. The largest absolute Gasteiger partial charge is 0.456 e. The maximum atomic E-state index is 12.6. The molecule has 6 heteroatoms. The third-order valence-electron chi connectivity index (χ3n) is 4.29. The van der Waals surface area contributed by atoms with E-state index in [2.05, 4.69) is 5.32 Å². The van der Waals surface area contributed by atoms with Gasteiger partial charge in [-0.1, -0.05) is 30.3 Å². The molecule has 0 saturated carbocycles. The van der Waals surface area contributed by atoms with Crippen LogP contribution in [0.1, 0.15) is 34.6 Å². The van der Waals surface area contributed by atoms with Gasteiger partial charge in [-0.2, -0.15) is 0 Å². The molecular formula is C24H21NO5. The van der Waals surface area contributed by atoms with Gasteiger partial charge in [0.1, 0.15) is 17.1 Å². The van der Waals surface area contributed by atoms with Crippen LogP contribution in [0.2, 0.25) is 0 Å². The summed E-state index contributed by atoms with van der Waals surface area (Å²) in [7, 11) is 0. The zero-order chi connectivity index (χ0) is 21.5. The highest BCUT2D eigenvalue weighted by molar-refractivity contribution is 5.99. The molecule has 0 fully saturated rings. The lowest BCUT2D eigenvalue weighted by molar-refractivity contribution is -0.123. The van der Waals surface area contributed by atoms with Gasteiger partial charge < -0.3 is 14.8 Å². The van der Waals surface area contributed by atoms with Gasteiger partial charge in [0.15, 0.2) is 11.9 Å². The number of benzene rings is 3. The number of ether oxygens (including phenoxy) is 2. The molecule has 30 heavy (non-hydrogen) atoms. The first-order chi connectivity index (χ1) is 14.4. The van der Waals surface area contributed by atoms with Gasteiger partial charge in [0.2, 0.25) is 0 Å². The second-order valence-electron chi connectivity index (χ2n) is 6.58. The summed E-state index contributed by atoms with van der Waals surface area (Å²) >= 11 is 0. The Morgan fingerprint density at radius 2 is 1.47 bits per heavy atom. The fourth-order valence-corrected chi connectivity index (χ4v) is 2.65. The lowest BCUT2D eigenvalue weighted by atomic mass is 10.1. The van der Waals surface area contributed by atoms with Gasteiger partial charge in [-0.3, -0.25) is 9.59 Å². The lowest BCUT2D eigenvalue weighted by Crippen LogP contribution is -2.30. The molecule has 0 radical (unpaired) electrons. The Bertz CT molecular complexity index is 1040. The van der Waals surface area contributed by atoms with Gasteiger partial charge >= 0.3 is 5.97 Å². The molecule has 6 nitrogen and oxygen atoms in total. The molecule has 0 heterocycles. The highest BCUT2D eigenvalue weighted by atomic mass is 16.5. The average molecular weight is 403 g/mol.